The summed E-state index contributed by atoms with van der Waals surface area (Å²) in [6.07, 6.45) is 2.89. The highest BCUT2D eigenvalue weighted by molar-refractivity contribution is 5.93. The van der Waals surface area contributed by atoms with E-state index in [4.69, 9.17) is 0 Å². The Morgan fingerprint density at radius 1 is 1.19 bits per heavy atom. The zero-order valence-electron chi connectivity index (χ0n) is 17.3. The van der Waals surface area contributed by atoms with E-state index >= 15 is 0 Å². The Bertz CT molecular complexity index is 816. The fourth-order valence-electron chi connectivity index (χ4n) is 3.93. The fraction of sp³-hybridized carbons (Fsp3) is 0.545. The van der Waals surface area contributed by atoms with E-state index in [1.54, 1.807) is 0 Å². The van der Waals surface area contributed by atoms with E-state index in [0.29, 0.717) is 12.3 Å². The van der Waals surface area contributed by atoms with Crippen molar-refractivity contribution in [3.63, 3.8) is 0 Å². The maximum atomic E-state index is 12.6. The van der Waals surface area contributed by atoms with Crippen LogP contribution in [0.15, 0.2) is 18.2 Å². The molecule has 5 nitrogen and oxygen atoms in total. The van der Waals surface area contributed by atoms with E-state index in [-0.39, 0.29) is 5.91 Å². The zero-order chi connectivity index (χ0) is 19.6. The van der Waals surface area contributed by atoms with Gasteiger partial charge in [0.15, 0.2) is 0 Å². The smallest absolute Gasteiger partial charge is 0.228 e. The van der Waals surface area contributed by atoms with Gasteiger partial charge in [0.05, 0.1) is 12.1 Å². The van der Waals surface area contributed by atoms with E-state index in [2.05, 4.69) is 55.1 Å². The van der Waals surface area contributed by atoms with Crippen LogP contribution in [0.2, 0.25) is 0 Å². The van der Waals surface area contributed by atoms with Crippen LogP contribution in [0.1, 0.15) is 49.2 Å². The van der Waals surface area contributed by atoms with Crippen molar-refractivity contribution in [3.05, 3.63) is 40.7 Å². The molecule has 1 aromatic carbocycles. The summed E-state index contributed by atoms with van der Waals surface area (Å²) in [5.41, 5.74) is 6.45. The molecule has 0 saturated carbocycles. The van der Waals surface area contributed by atoms with Gasteiger partial charge in [-0.1, -0.05) is 13.8 Å². The van der Waals surface area contributed by atoms with Gasteiger partial charge in [-0.15, -0.1) is 0 Å². The number of carbonyl (C=O) groups excluding carboxylic acids is 1. The summed E-state index contributed by atoms with van der Waals surface area (Å²) in [6, 6.07) is 6.22. The van der Waals surface area contributed by atoms with Gasteiger partial charge in [0, 0.05) is 42.3 Å². The Morgan fingerprint density at radius 3 is 2.52 bits per heavy atom. The van der Waals surface area contributed by atoms with Crippen molar-refractivity contribution in [1.82, 2.24) is 9.78 Å². The molecule has 0 aliphatic carbocycles. The predicted molar refractivity (Wildman–Crippen MR) is 111 cm³/mol. The third-order valence-corrected chi connectivity index (χ3v) is 5.33. The molecule has 0 spiro atoms. The van der Waals surface area contributed by atoms with Crippen LogP contribution >= 0.6 is 0 Å². The van der Waals surface area contributed by atoms with Gasteiger partial charge in [0.25, 0.3) is 0 Å². The van der Waals surface area contributed by atoms with Gasteiger partial charge in [-0.2, -0.15) is 5.10 Å². The SMILES string of the molecule is Cc1cc(NC(=O)Cc2c(C)nn(CC(C)C)c2C)ccc1N1CCCC1. The summed E-state index contributed by atoms with van der Waals surface area (Å²) < 4.78 is 2.03. The molecule has 0 radical (unpaired) electrons. The lowest BCUT2D eigenvalue weighted by Gasteiger charge is -2.20. The highest BCUT2D eigenvalue weighted by Crippen LogP contribution is 2.27. The van der Waals surface area contributed by atoms with Crippen LogP contribution < -0.4 is 10.2 Å². The maximum Gasteiger partial charge on any atom is 0.228 e. The number of aromatic nitrogens is 2. The molecule has 2 aromatic rings. The first kappa shape index (κ1) is 19.5. The summed E-state index contributed by atoms with van der Waals surface area (Å²) >= 11 is 0. The molecule has 1 aliphatic rings. The summed E-state index contributed by atoms with van der Waals surface area (Å²) in [4.78, 5) is 15.0. The Morgan fingerprint density at radius 2 is 1.89 bits per heavy atom. The van der Waals surface area contributed by atoms with E-state index in [9.17, 15) is 4.79 Å². The third-order valence-electron chi connectivity index (χ3n) is 5.33. The van der Waals surface area contributed by atoms with Crippen LogP contribution in [0.3, 0.4) is 0 Å². The van der Waals surface area contributed by atoms with Crippen LogP contribution in [0, 0.1) is 26.7 Å². The average Bonchev–Trinajstić information content (AvgIpc) is 3.19. The topological polar surface area (TPSA) is 50.2 Å². The molecule has 146 valence electrons. The van der Waals surface area contributed by atoms with E-state index < -0.39 is 0 Å². The number of amides is 1. The second kappa shape index (κ2) is 8.15. The zero-order valence-corrected chi connectivity index (χ0v) is 17.3. The molecule has 1 aliphatic heterocycles. The van der Waals surface area contributed by atoms with Gasteiger partial charge in [0.2, 0.25) is 5.91 Å². The molecular weight excluding hydrogens is 336 g/mol. The minimum atomic E-state index is 0.0126. The van der Waals surface area contributed by atoms with Gasteiger partial charge in [-0.05, 0) is 63.3 Å². The molecular formula is C22H32N4O. The maximum absolute atomic E-state index is 12.6. The van der Waals surface area contributed by atoms with E-state index in [1.165, 1.54) is 24.1 Å². The Balaban J connectivity index is 1.67. The van der Waals surface area contributed by atoms with Gasteiger partial charge >= 0.3 is 0 Å². The van der Waals surface area contributed by atoms with Crippen molar-refractivity contribution in [1.29, 1.82) is 0 Å². The normalized spacial score (nSPS) is 14.2. The fourth-order valence-corrected chi connectivity index (χ4v) is 3.93. The van der Waals surface area contributed by atoms with Crippen molar-refractivity contribution in [2.75, 3.05) is 23.3 Å². The lowest BCUT2D eigenvalue weighted by Crippen LogP contribution is -2.19. The molecule has 0 bridgehead atoms. The van der Waals surface area contributed by atoms with Crippen LogP contribution in [-0.4, -0.2) is 28.8 Å². The first-order valence-corrected chi connectivity index (χ1v) is 10.0. The average molecular weight is 369 g/mol. The molecule has 0 unspecified atom stereocenters. The summed E-state index contributed by atoms with van der Waals surface area (Å²) in [6.45, 7) is 13.7. The quantitative estimate of drug-likeness (QED) is 0.829. The highest BCUT2D eigenvalue weighted by atomic mass is 16.1. The summed E-state index contributed by atoms with van der Waals surface area (Å²) in [5.74, 6) is 0.542. The number of benzene rings is 1. The number of hydrogen-bond donors (Lipinski definition) is 1. The van der Waals surface area contributed by atoms with E-state index in [1.807, 2.05) is 17.7 Å². The largest absolute Gasteiger partial charge is 0.371 e. The van der Waals surface area contributed by atoms with Crippen molar-refractivity contribution in [2.45, 2.75) is 60.4 Å². The van der Waals surface area contributed by atoms with Crippen molar-refractivity contribution < 1.29 is 4.79 Å². The molecule has 1 N–H and O–H groups in total. The van der Waals surface area contributed by atoms with Gasteiger partial charge in [-0.3, -0.25) is 9.48 Å². The van der Waals surface area contributed by atoms with Crippen molar-refractivity contribution >= 4 is 17.3 Å². The highest BCUT2D eigenvalue weighted by Gasteiger charge is 2.17. The number of nitrogens with one attached hydrogen (secondary N) is 1. The van der Waals surface area contributed by atoms with E-state index in [0.717, 1.165) is 42.3 Å². The first-order chi connectivity index (χ1) is 12.8. The van der Waals surface area contributed by atoms with Gasteiger partial charge in [-0.25, -0.2) is 0 Å². The molecule has 2 heterocycles. The molecule has 3 rings (SSSR count). The Labute approximate surface area is 162 Å². The number of aryl methyl sites for hydroxylation is 2. The standard InChI is InChI=1S/C22H32N4O/c1-15(2)14-26-18(5)20(17(4)24-26)13-22(27)23-19-8-9-21(16(3)12-19)25-10-6-7-11-25/h8-9,12,15H,6-7,10-11,13-14H2,1-5H3,(H,23,27). The molecule has 0 atom stereocenters. The molecule has 1 saturated heterocycles. The number of nitrogens with zero attached hydrogens (tertiary/aromatic N) is 3. The molecule has 27 heavy (non-hydrogen) atoms. The van der Waals surface area contributed by atoms with Crippen molar-refractivity contribution in [3.8, 4) is 0 Å². The van der Waals surface area contributed by atoms with Gasteiger partial charge in [0.1, 0.15) is 0 Å². The molecule has 5 heteroatoms. The van der Waals surface area contributed by atoms with Crippen LogP contribution in [0.4, 0.5) is 11.4 Å². The minimum Gasteiger partial charge on any atom is -0.371 e. The third kappa shape index (κ3) is 4.52. The molecule has 1 aromatic heterocycles. The molecule has 1 amide bonds. The molecule has 1 fully saturated rings. The summed E-state index contributed by atoms with van der Waals surface area (Å²) in [5, 5.41) is 7.67. The minimum absolute atomic E-state index is 0.0126. The number of carbonyl (C=O) groups is 1. The summed E-state index contributed by atoms with van der Waals surface area (Å²) in [7, 11) is 0. The van der Waals surface area contributed by atoms with Crippen LogP contribution in [0.25, 0.3) is 0 Å². The second-order valence-electron chi connectivity index (χ2n) is 8.15. The number of rotatable bonds is 6. The number of hydrogen-bond acceptors (Lipinski definition) is 3. The second-order valence-corrected chi connectivity index (χ2v) is 8.15. The lowest BCUT2D eigenvalue weighted by atomic mass is 10.1. The predicted octanol–water partition coefficient (Wildman–Crippen LogP) is 4.25. The number of anilines is 2. The monoisotopic (exact) mass is 368 g/mol. The van der Waals surface area contributed by atoms with Crippen LogP contribution in [-0.2, 0) is 17.8 Å². The lowest BCUT2D eigenvalue weighted by molar-refractivity contribution is -0.115. The van der Waals surface area contributed by atoms with Crippen molar-refractivity contribution in [2.24, 2.45) is 5.92 Å². The Kier molecular flexibility index (Phi) is 5.88. The van der Waals surface area contributed by atoms with Crippen LogP contribution in [0.5, 0.6) is 0 Å². The Hall–Kier alpha value is -2.30. The first-order valence-electron chi connectivity index (χ1n) is 10.0. The van der Waals surface area contributed by atoms with Gasteiger partial charge < -0.3 is 10.2 Å².